The van der Waals surface area contributed by atoms with Crippen LogP contribution in [0.5, 0.6) is 0 Å². The molecule has 2 N–H and O–H groups in total. The number of rotatable bonds is 3. The van der Waals surface area contributed by atoms with E-state index < -0.39 is 17.8 Å². The van der Waals surface area contributed by atoms with Crippen molar-refractivity contribution in [3.8, 4) is 0 Å². The van der Waals surface area contributed by atoms with Gasteiger partial charge in [-0.15, -0.1) is 21.8 Å². The highest BCUT2D eigenvalue weighted by Gasteiger charge is 2.26. The van der Waals surface area contributed by atoms with Gasteiger partial charge in [0.2, 0.25) is 11.8 Å². The highest BCUT2D eigenvalue weighted by atomic mass is 35.5. The Bertz CT molecular complexity index is 497. The van der Waals surface area contributed by atoms with Crippen molar-refractivity contribution in [2.45, 2.75) is 24.8 Å². The van der Waals surface area contributed by atoms with Crippen LogP contribution in [0.1, 0.15) is 18.5 Å². The normalized spacial score (nSPS) is 19.6. The molecule has 96 valence electrons. The van der Waals surface area contributed by atoms with Crippen LogP contribution in [-0.4, -0.2) is 28.1 Å². The van der Waals surface area contributed by atoms with Gasteiger partial charge in [-0.2, -0.15) is 0 Å². The number of hydrogen-bond acceptors (Lipinski definition) is 5. The first kappa shape index (κ1) is 12.7. The summed E-state index contributed by atoms with van der Waals surface area (Å²) in [7, 11) is 0. The lowest BCUT2D eigenvalue weighted by molar-refractivity contribution is -0.133. The molecule has 0 radical (unpaired) electrons. The minimum Gasteiger partial charge on any atom is -0.357 e. The van der Waals surface area contributed by atoms with E-state index in [1.807, 2.05) is 0 Å². The van der Waals surface area contributed by atoms with Crippen LogP contribution in [0.3, 0.4) is 0 Å². The summed E-state index contributed by atoms with van der Waals surface area (Å²) in [6, 6.07) is 0.507. The zero-order valence-corrected chi connectivity index (χ0v) is 10.00. The molecule has 1 unspecified atom stereocenters. The number of nitrogens with zero attached hydrogens (tertiary/aromatic N) is 2. The van der Waals surface area contributed by atoms with E-state index in [-0.39, 0.29) is 29.7 Å². The van der Waals surface area contributed by atoms with Crippen LogP contribution in [0.15, 0.2) is 6.07 Å². The molecule has 1 aromatic rings. The maximum Gasteiger partial charge on any atom is 0.249 e. The van der Waals surface area contributed by atoms with Gasteiger partial charge in [-0.1, -0.05) is 0 Å². The van der Waals surface area contributed by atoms with Gasteiger partial charge < -0.3 is 5.32 Å². The van der Waals surface area contributed by atoms with E-state index in [9.17, 15) is 14.0 Å². The third-order valence-corrected chi connectivity index (χ3v) is 2.76. The molecule has 2 rings (SSSR count). The van der Waals surface area contributed by atoms with Gasteiger partial charge in [-0.05, 0) is 6.42 Å². The van der Waals surface area contributed by atoms with Crippen molar-refractivity contribution in [2.75, 3.05) is 5.32 Å². The number of halogens is 2. The van der Waals surface area contributed by atoms with E-state index >= 15 is 0 Å². The topological polar surface area (TPSA) is 84.0 Å². The van der Waals surface area contributed by atoms with Crippen molar-refractivity contribution in [3.05, 3.63) is 17.6 Å². The fraction of sp³-hybridized carbons (Fsp3) is 0.400. The number of anilines is 1. The Kier molecular flexibility index (Phi) is 3.71. The number of hydrogen-bond donors (Lipinski definition) is 2. The minimum absolute atomic E-state index is 0.0468. The van der Waals surface area contributed by atoms with Gasteiger partial charge >= 0.3 is 0 Å². The second kappa shape index (κ2) is 5.26. The van der Waals surface area contributed by atoms with Gasteiger partial charge in [0.05, 0.1) is 5.88 Å². The molecule has 0 spiro atoms. The Morgan fingerprint density at radius 3 is 2.89 bits per heavy atom. The summed E-state index contributed by atoms with van der Waals surface area (Å²) in [6.07, 6.45) is 0.574. The Labute approximate surface area is 107 Å². The van der Waals surface area contributed by atoms with Crippen LogP contribution in [0.4, 0.5) is 10.2 Å². The maximum absolute atomic E-state index is 13.4. The van der Waals surface area contributed by atoms with Crippen molar-refractivity contribution in [1.82, 2.24) is 15.5 Å². The second-order valence-electron chi connectivity index (χ2n) is 3.81. The molecule has 1 aliphatic heterocycles. The monoisotopic (exact) mass is 272 g/mol. The highest BCUT2D eigenvalue weighted by molar-refractivity contribution is 6.16. The number of imide groups is 1. The summed E-state index contributed by atoms with van der Waals surface area (Å²) in [5, 5.41) is 12.2. The molecule has 1 saturated heterocycles. The van der Waals surface area contributed by atoms with Crippen molar-refractivity contribution < 1.29 is 14.0 Å². The number of piperidine rings is 1. The first-order valence-corrected chi connectivity index (χ1v) is 5.82. The van der Waals surface area contributed by atoms with Gasteiger partial charge in [-0.25, -0.2) is 4.39 Å². The molecule has 1 fully saturated rings. The Balaban J connectivity index is 2.07. The van der Waals surface area contributed by atoms with Crippen LogP contribution in [0, 0.1) is 5.82 Å². The number of alkyl halides is 1. The van der Waals surface area contributed by atoms with Gasteiger partial charge in [-0.3, -0.25) is 14.9 Å². The number of nitrogens with one attached hydrogen (secondary N) is 2. The summed E-state index contributed by atoms with van der Waals surface area (Å²) >= 11 is 5.45. The van der Waals surface area contributed by atoms with E-state index in [0.29, 0.717) is 6.42 Å². The predicted molar refractivity (Wildman–Crippen MR) is 61.3 cm³/mol. The predicted octanol–water partition coefficient (Wildman–Crippen LogP) is 0.572. The zero-order chi connectivity index (χ0) is 13.1. The summed E-state index contributed by atoms with van der Waals surface area (Å²) < 4.78 is 13.4. The lowest BCUT2D eigenvalue weighted by atomic mass is 10.1. The van der Waals surface area contributed by atoms with E-state index in [0.717, 1.165) is 6.07 Å². The van der Waals surface area contributed by atoms with Crippen molar-refractivity contribution >= 4 is 29.2 Å². The molecule has 1 aliphatic rings. The van der Waals surface area contributed by atoms with Crippen molar-refractivity contribution in [1.29, 1.82) is 0 Å². The molecule has 2 amide bonds. The summed E-state index contributed by atoms with van der Waals surface area (Å²) in [6.45, 7) is 0. The van der Waals surface area contributed by atoms with E-state index in [4.69, 9.17) is 11.6 Å². The molecule has 18 heavy (non-hydrogen) atoms. The van der Waals surface area contributed by atoms with Crippen LogP contribution in [0.2, 0.25) is 0 Å². The first-order chi connectivity index (χ1) is 8.60. The van der Waals surface area contributed by atoms with E-state index in [2.05, 4.69) is 20.8 Å². The van der Waals surface area contributed by atoms with Crippen molar-refractivity contribution in [2.24, 2.45) is 0 Å². The lowest BCUT2D eigenvalue weighted by Crippen LogP contribution is -2.47. The fourth-order valence-electron chi connectivity index (χ4n) is 1.57. The number of carbonyl (C=O) groups is 2. The Hall–Kier alpha value is -1.76. The fourth-order valence-corrected chi connectivity index (χ4v) is 1.75. The number of amides is 2. The maximum atomic E-state index is 13.4. The molecule has 0 saturated carbocycles. The SMILES string of the molecule is O=C1CCC(Nc2cc(F)c(CCl)nn2)C(=O)N1. The molecular weight excluding hydrogens is 263 g/mol. The van der Waals surface area contributed by atoms with Gasteiger partial charge in [0.1, 0.15) is 11.7 Å². The van der Waals surface area contributed by atoms with E-state index in [1.165, 1.54) is 0 Å². The minimum atomic E-state index is -0.613. The van der Waals surface area contributed by atoms with Gasteiger partial charge in [0.15, 0.2) is 11.6 Å². The van der Waals surface area contributed by atoms with Crippen LogP contribution in [0.25, 0.3) is 0 Å². The Morgan fingerprint density at radius 1 is 1.50 bits per heavy atom. The average Bonchev–Trinajstić information content (AvgIpc) is 2.33. The molecule has 8 heteroatoms. The highest BCUT2D eigenvalue weighted by Crippen LogP contribution is 2.14. The largest absolute Gasteiger partial charge is 0.357 e. The summed E-state index contributed by atoms with van der Waals surface area (Å²) in [5.74, 6) is -1.29. The summed E-state index contributed by atoms with van der Waals surface area (Å²) in [5.41, 5.74) is 0.0468. The second-order valence-corrected chi connectivity index (χ2v) is 4.07. The number of aromatic nitrogens is 2. The lowest BCUT2D eigenvalue weighted by Gasteiger charge is -2.21. The molecule has 1 atom stereocenters. The van der Waals surface area contributed by atoms with Crippen LogP contribution >= 0.6 is 11.6 Å². The van der Waals surface area contributed by atoms with Crippen LogP contribution < -0.4 is 10.6 Å². The average molecular weight is 273 g/mol. The molecule has 0 aromatic carbocycles. The third-order valence-electron chi connectivity index (χ3n) is 2.51. The zero-order valence-electron chi connectivity index (χ0n) is 9.24. The molecule has 0 aliphatic carbocycles. The molecule has 6 nitrogen and oxygen atoms in total. The third kappa shape index (κ3) is 2.73. The first-order valence-electron chi connectivity index (χ1n) is 5.28. The van der Waals surface area contributed by atoms with Gasteiger partial charge in [0.25, 0.3) is 0 Å². The molecule has 0 bridgehead atoms. The molecule has 1 aromatic heterocycles. The van der Waals surface area contributed by atoms with Crippen molar-refractivity contribution in [3.63, 3.8) is 0 Å². The van der Waals surface area contributed by atoms with Gasteiger partial charge in [0, 0.05) is 12.5 Å². The smallest absolute Gasteiger partial charge is 0.249 e. The summed E-state index contributed by atoms with van der Waals surface area (Å²) in [4.78, 5) is 22.4. The quantitative estimate of drug-likeness (QED) is 0.621. The van der Waals surface area contributed by atoms with Crippen LogP contribution in [-0.2, 0) is 15.5 Å². The van der Waals surface area contributed by atoms with E-state index in [1.54, 1.807) is 0 Å². The molecular formula is C10H10ClFN4O2. The Morgan fingerprint density at radius 2 is 2.28 bits per heavy atom. The number of carbonyl (C=O) groups excluding carboxylic acids is 2. The standard InChI is InChI=1S/C10H10ClFN4O2/c11-4-7-5(12)3-8(16-15-7)13-6-1-2-9(17)14-10(6)18/h3,6H,1-2,4H2,(H,13,16)(H,14,17,18). The molecule has 2 heterocycles.